The zero-order chi connectivity index (χ0) is 18.1. The number of nitrogens with zero attached hydrogens (tertiary/aromatic N) is 1. The first-order valence-electron chi connectivity index (χ1n) is 8.58. The first-order valence-corrected chi connectivity index (χ1v) is 8.58. The third-order valence-corrected chi connectivity index (χ3v) is 4.70. The van der Waals surface area contributed by atoms with Crippen LogP contribution in [0.4, 0.5) is 11.4 Å². The van der Waals surface area contributed by atoms with Crippen molar-refractivity contribution >= 4 is 23.1 Å². The Labute approximate surface area is 151 Å². The molecule has 132 valence electrons. The summed E-state index contributed by atoms with van der Waals surface area (Å²) in [6.45, 7) is 1.61. The number of benzene rings is 1. The Morgan fingerprint density at radius 2 is 1.77 bits per heavy atom. The maximum absolute atomic E-state index is 12.5. The highest BCUT2D eigenvalue weighted by Crippen LogP contribution is 2.36. The molecule has 4 rings (SSSR count). The van der Waals surface area contributed by atoms with Crippen LogP contribution in [0.25, 0.3) is 0 Å². The van der Waals surface area contributed by atoms with E-state index in [0.717, 1.165) is 17.1 Å². The van der Waals surface area contributed by atoms with Gasteiger partial charge in [-0.15, -0.1) is 0 Å². The normalized spacial score (nSPS) is 25.1. The molecular weight excluding hydrogens is 330 g/mol. The SMILES string of the molecule is CC1=CC(=O)C(C2CC(c3ccccn3)Nc3ccccc3N2)C(=O)O1. The van der Waals surface area contributed by atoms with Gasteiger partial charge in [0.15, 0.2) is 5.78 Å². The van der Waals surface area contributed by atoms with Crippen LogP contribution in [0.15, 0.2) is 60.5 Å². The zero-order valence-corrected chi connectivity index (χ0v) is 14.3. The first-order chi connectivity index (χ1) is 12.6. The van der Waals surface area contributed by atoms with E-state index >= 15 is 0 Å². The van der Waals surface area contributed by atoms with Gasteiger partial charge in [-0.25, -0.2) is 0 Å². The van der Waals surface area contributed by atoms with Gasteiger partial charge in [-0.3, -0.25) is 14.6 Å². The number of fused-ring (bicyclic) bond motifs is 1. The van der Waals surface area contributed by atoms with Gasteiger partial charge in [0, 0.05) is 18.3 Å². The highest BCUT2D eigenvalue weighted by molar-refractivity contribution is 6.08. The van der Waals surface area contributed by atoms with Crippen LogP contribution in [0.2, 0.25) is 0 Å². The highest BCUT2D eigenvalue weighted by Gasteiger charge is 2.41. The first kappa shape index (κ1) is 16.3. The number of ether oxygens (including phenoxy) is 1. The second-order valence-corrected chi connectivity index (χ2v) is 6.54. The van der Waals surface area contributed by atoms with Crippen molar-refractivity contribution in [3.8, 4) is 0 Å². The average Bonchev–Trinajstić information content (AvgIpc) is 2.81. The van der Waals surface area contributed by atoms with Crippen molar-refractivity contribution in [3.63, 3.8) is 0 Å². The molecular formula is C20H19N3O3. The van der Waals surface area contributed by atoms with Crippen molar-refractivity contribution in [2.75, 3.05) is 10.6 Å². The minimum Gasteiger partial charge on any atom is -0.431 e. The van der Waals surface area contributed by atoms with Gasteiger partial charge in [0.2, 0.25) is 0 Å². The van der Waals surface area contributed by atoms with Crippen LogP contribution in [0, 0.1) is 5.92 Å². The number of esters is 1. The molecule has 0 bridgehead atoms. The Balaban J connectivity index is 1.73. The summed E-state index contributed by atoms with van der Waals surface area (Å²) in [4.78, 5) is 29.4. The molecule has 3 heterocycles. The maximum Gasteiger partial charge on any atom is 0.324 e. The van der Waals surface area contributed by atoms with E-state index in [1.54, 1.807) is 13.1 Å². The molecule has 2 N–H and O–H groups in total. The van der Waals surface area contributed by atoms with Crippen molar-refractivity contribution in [3.05, 3.63) is 66.2 Å². The fraction of sp³-hybridized carbons (Fsp3) is 0.250. The Morgan fingerprint density at radius 3 is 2.46 bits per heavy atom. The van der Waals surface area contributed by atoms with Crippen LogP contribution in [0.5, 0.6) is 0 Å². The molecule has 6 heteroatoms. The lowest BCUT2D eigenvalue weighted by Crippen LogP contribution is -2.43. The lowest BCUT2D eigenvalue weighted by atomic mass is 9.88. The fourth-order valence-corrected chi connectivity index (χ4v) is 3.51. The van der Waals surface area contributed by atoms with Crippen LogP contribution in [0.1, 0.15) is 25.1 Å². The number of allylic oxidation sites excluding steroid dienone is 2. The lowest BCUT2D eigenvalue weighted by molar-refractivity contribution is -0.149. The van der Waals surface area contributed by atoms with Gasteiger partial charge in [0.05, 0.1) is 23.1 Å². The number of rotatable bonds is 2. The predicted molar refractivity (Wildman–Crippen MR) is 97.4 cm³/mol. The largest absolute Gasteiger partial charge is 0.431 e. The van der Waals surface area contributed by atoms with Crippen molar-refractivity contribution in [1.82, 2.24) is 4.98 Å². The number of carbonyl (C=O) groups is 2. The van der Waals surface area contributed by atoms with E-state index in [2.05, 4.69) is 15.6 Å². The van der Waals surface area contributed by atoms with E-state index in [9.17, 15) is 9.59 Å². The molecule has 26 heavy (non-hydrogen) atoms. The van der Waals surface area contributed by atoms with E-state index in [0.29, 0.717) is 12.2 Å². The van der Waals surface area contributed by atoms with Crippen LogP contribution in [-0.4, -0.2) is 22.8 Å². The number of pyridine rings is 1. The number of ketones is 1. The number of hydrogen-bond acceptors (Lipinski definition) is 6. The van der Waals surface area contributed by atoms with Crippen LogP contribution < -0.4 is 10.6 Å². The molecule has 0 spiro atoms. The highest BCUT2D eigenvalue weighted by atomic mass is 16.5. The summed E-state index contributed by atoms with van der Waals surface area (Å²) in [5.41, 5.74) is 2.62. The molecule has 2 aliphatic rings. The molecule has 2 aliphatic heterocycles. The number of carbonyl (C=O) groups excluding carboxylic acids is 2. The number of para-hydroxylation sites is 2. The van der Waals surface area contributed by atoms with E-state index in [1.807, 2.05) is 42.5 Å². The standard InChI is InChI=1S/C20H19N3O3/c1-12-10-18(24)19(20(25)26-12)17-11-16(13-6-4-5-9-21-13)22-14-7-2-3-8-15(14)23-17/h2-10,16-17,19,22-23H,11H2,1H3. The van der Waals surface area contributed by atoms with Crippen molar-refractivity contribution in [2.45, 2.75) is 25.4 Å². The van der Waals surface area contributed by atoms with Crippen LogP contribution >= 0.6 is 0 Å². The Hall–Kier alpha value is -3.15. The number of anilines is 2. The molecule has 3 atom stereocenters. The van der Waals surface area contributed by atoms with Gasteiger partial charge in [0.1, 0.15) is 11.7 Å². The molecule has 0 saturated carbocycles. The van der Waals surface area contributed by atoms with Gasteiger partial charge in [0.25, 0.3) is 0 Å². The number of nitrogens with one attached hydrogen (secondary N) is 2. The van der Waals surface area contributed by atoms with Crippen molar-refractivity contribution in [2.24, 2.45) is 5.92 Å². The second kappa shape index (κ2) is 6.63. The van der Waals surface area contributed by atoms with Crippen LogP contribution in [-0.2, 0) is 14.3 Å². The van der Waals surface area contributed by atoms with Crippen molar-refractivity contribution in [1.29, 1.82) is 0 Å². The second-order valence-electron chi connectivity index (χ2n) is 6.54. The Morgan fingerprint density at radius 1 is 1.04 bits per heavy atom. The minimum absolute atomic E-state index is 0.134. The third-order valence-electron chi connectivity index (χ3n) is 4.70. The fourth-order valence-electron chi connectivity index (χ4n) is 3.51. The number of hydrogen-bond donors (Lipinski definition) is 2. The summed E-state index contributed by atoms with van der Waals surface area (Å²) in [5, 5.41) is 6.84. The van der Waals surface area contributed by atoms with Gasteiger partial charge >= 0.3 is 5.97 Å². The minimum atomic E-state index is -0.877. The molecule has 0 aliphatic carbocycles. The molecule has 1 aromatic carbocycles. The summed E-state index contributed by atoms with van der Waals surface area (Å²) < 4.78 is 5.22. The predicted octanol–water partition coefficient (Wildman–Crippen LogP) is 3.06. The molecule has 6 nitrogen and oxygen atoms in total. The van der Waals surface area contributed by atoms with E-state index in [1.165, 1.54) is 6.08 Å². The summed E-state index contributed by atoms with van der Waals surface area (Å²) in [6, 6.07) is 12.9. The van der Waals surface area contributed by atoms with Crippen molar-refractivity contribution < 1.29 is 14.3 Å². The topological polar surface area (TPSA) is 80.3 Å². The quantitative estimate of drug-likeness (QED) is 0.641. The van der Waals surface area contributed by atoms with Gasteiger partial charge in [-0.05, 0) is 37.6 Å². The number of cyclic esters (lactones) is 1. The van der Waals surface area contributed by atoms with Gasteiger partial charge in [-0.1, -0.05) is 18.2 Å². The molecule has 0 saturated heterocycles. The van der Waals surface area contributed by atoms with Crippen LogP contribution in [0.3, 0.4) is 0 Å². The summed E-state index contributed by atoms with van der Waals surface area (Å²) in [5.74, 6) is -1.27. The summed E-state index contributed by atoms with van der Waals surface area (Å²) in [6.07, 6.45) is 3.65. The maximum atomic E-state index is 12.5. The Bertz CT molecular complexity index is 879. The smallest absolute Gasteiger partial charge is 0.324 e. The van der Waals surface area contributed by atoms with E-state index in [-0.39, 0.29) is 11.8 Å². The summed E-state index contributed by atoms with van der Waals surface area (Å²) >= 11 is 0. The third kappa shape index (κ3) is 3.06. The molecule has 1 aromatic heterocycles. The monoisotopic (exact) mass is 349 g/mol. The molecule has 2 aromatic rings. The lowest BCUT2D eigenvalue weighted by Gasteiger charge is -2.28. The number of aromatic nitrogens is 1. The average molecular weight is 349 g/mol. The summed E-state index contributed by atoms with van der Waals surface area (Å²) in [7, 11) is 0. The molecule has 0 amide bonds. The van der Waals surface area contributed by atoms with Gasteiger partial charge < -0.3 is 15.4 Å². The zero-order valence-electron chi connectivity index (χ0n) is 14.3. The van der Waals surface area contributed by atoms with E-state index in [4.69, 9.17) is 4.74 Å². The Kier molecular flexibility index (Phi) is 4.16. The van der Waals surface area contributed by atoms with E-state index < -0.39 is 17.9 Å². The molecule has 0 fully saturated rings. The molecule has 0 radical (unpaired) electrons. The molecule has 3 unspecified atom stereocenters. The van der Waals surface area contributed by atoms with Gasteiger partial charge in [-0.2, -0.15) is 0 Å².